The number of esters is 1. The van der Waals surface area contributed by atoms with Gasteiger partial charge in [-0.05, 0) is 62.9 Å². The van der Waals surface area contributed by atoms with Crippen molar-refractivity contribution in [1.29, 1.82) is 0 Å². The van der Waals surface area contributed by atoms with Crippen molar-refractivity contribution in [3.8, 4) is 0 Å². The highest BCUT2D eigenvalue weighted by molar-refractivity contribution is 6.07. The summed E-state index contributed by atoms with van der Waals surface area (Å²) in [6, 6.07) is 5.55. The molecule has 1 aromatic carbocycles. The molecule has 28 heavy (non-hydrogen) atoms. The number of anilines is 2. The number of H-pyrrole nitrogens is 1. The molecule has 0 fully saturated rings. The molecule has 3 rings (SSSR count). The number of carbonyl (C=O) groups excluding carboxylic acids is 3. The number of ether oxygens (including phenoxy) is 1. The van der Waals surface area contributed by atoms with Crippen molar-refractivity contribution in [3.05, 3.63) is 46.3 Å². The van der Waals surface area contributed by atoms with Crippen LogP contribution >= 0.6 is 0 Å². The third-order valence-electron chi connectivity index (χ3n) is 4.98. The summed E-state index contributed by atoms with van der Waals surface area (Å²) in [4.78, 5) is 41.4. The SMILES string of the molecule is CCOC(=O)c1c(C)[nH]c(C(=O)Nc2ccc3c(c2)CCCN3C(C)=O)c1C. The molecule has 2 aromatic rings. The van der Waals surface area contributed by atoms with Gasteiger partial charge in [0.1, 0.15) is 5.69 Å². The fourth-order valence-corrected chi connectivity index (χ4v) is 3.68. The Hall–Kier alpha value is -3.09. The quantitative estimate of drug-likeness (QED) is 0.792. The fourth-order valence-electron chi connectivity index (χ4n) is 3.68. The minimum atomic E-state index is -0.439. The summed E-state index contributed by atoms with van der Waals surface area (Å²) in [5.41, 5.74) is 4.48. The van der Waals surface area contributed by atoms with Gasteiger partial charge in [-0.25, -0.2) is 4.79 Å². The molecule has 0 aliphatic carbocycles. The van der Waals surface area contributed by atoms with Crippen molar-refractivity contribution in [2.45, 2.75) is 40.5 Å². The molecule has 1 aromatic heterocycles. The number of aromatic nitrogens is 1. The predicted octanol–water partition coefficient (Wildman–Crippen LogP) is 3.36. The van der Waals surface area contributed by atoms with E-state index < -0.39 is 5.97 Å². The maximum atomic E-state index is 12.8. The Bertz CT molecular complexity index is 945. The van der Waals surface area contributed by atoms with Gasteiger partial charge in [-0.1, -0.05) is 0 Å². The van der Waals surface area contributed by atoms with Gasteiger partial charge in [0, 0.05) is 30.5 Å². The molecule has 148 valence electrons. The van der Waals surface area contributed by atoms with E-state index in [1.165, 1.54) is 0 Å². The normalized spacial score (nSPS) is 13.1. The largest absolute Gasteiger partial charge is 0.462 e. The minimum Gasteiger partial charge on any atom is -0.462 e. The number of hydrogen-bond acceptors (Lipinski definition) is 4. The zero-order valence-corrected chi connectivity index (χ0v) is 16.6. The van der Waals surface area contributed by atoms with E-state index in [-0.39, 0.29) is 18.4 Å². The van der Waals surface area contributed by atoms with Gasteiger partial charge in [0.2, 0.25) is 5.91 Å². The highest BCUT2D eigenvalue weighted by Crippen LogP contribution is 2.30. The maximum absolute atomic E-state index is 12.8. The predicted molar refractivity (Wildman–Crippen MR) is 107 cm³/mol. The summed E-state index contributed by atoms with van der Waals surface area (Å²) in [6.07, 6.45) is 1.75. The van der Waals surface area contributed by atoms with Crippen LogP contribution in [0.1, 0.15) is 57.9 Å². The first kappa shape index (κ1) is 19.7. The first-order chi connectivity index (χ1) is 13.3. The zero-order valence-electron chi connectivity index (χ0n) is 16.6. The van der Waals surface area contributed by atoms with Crippen molar-refractivity contribution in [1.82, 2.24) is 4.98 Å². The number of fused-ring (bicyclic) bond motifs is 1. The van der Waals surface area contributed by atoms with E-state index in [9.17, 15) is 14.4 Å². The van der Waals surface area contributed by atoms with E-state index in [1.807, 2.05) is 12.1 Å². The Morgan fingerprint density at radius 1 is 1.25 bits per heavy atom. The van der Waals surface area contributed by atoms with E-state index in [2.05, 4.69) is 10.3 Å². The molecule has 0 radical (unpaired) electrons. The number of hydrogen-bond donors (Lipinski definition) is 2. The molecule has 0 saturated carbocycles. The molecule has 2 heterocycles. The minimum absolute atomic E-state index is 0.0155. The number of aryl methyl sites for hydroxylation is 2. The lowest BCUT2D eigenvalue weighted by Gasteiger charge is -2.29. The molecule has 7 heteroatoms. The smallest absolute Gasteiger partial charge is 0.340 e. The molecular weight excluding hydrogens is 358 g/mol. The fraction of sp³-hybridized carbons (Fsp3) is 0.381. The number of amides is 2. The zero-order chi connectivity index (χ0) is 20.4. The van der Waals surface area contributed by atoms with Crippen molar-refractivity contribution >= 4 is 29.2 Å². The van der Waals surface area contributed by atoms with Crippen LogP contribution in [0.4, 0.5) is 11.4 Å². The lowest BCUT2D eigenvalue weighted by Crippen LogP contribution is -2.33. The summed E-state index contributed by atoms with van der Waals surface area (Å²) >= 11 is 0. The highest BCUT2D eigenvalue weighted by Gasteiger charge is 2.24. The van der Waals surface area contributed by atoms with Crippen LogP contribution < -0.4 is 10.2 Å². The van der Waals surface area contributed by atoms with Crippen molar-refractivity contribution in [3.63, 3.8) is 0 Å². The average molecular weight is 383 g/mol. The second-order valence-electron chi connectivity index (χ2n) is 6.92. The molecule has 2 N–H and O–H groups in total. The monoisotopic (exact) mass is 383 g/mol. The average Bonchev–Trinajstić information content (AvgIpc) is 2.95. The van der Waals surface area contributed by atoms with Crippen molar-refractivity contribution in [2.75, 3.05) is 23.4 Å². The van der Waals surface area contributed by atoms with Crippen molar-refractivity contribution < 1.29 is 19.1 Å². The Kier molecular flexibility index (Phi) is 5.53. The van der Waals surface area contributed by atoms with Gasteiger partial charge in [-0.15, -0.1) is 0 Å². The molecule has 0 bridgehead atoms. The number of benzene rings is 1. The van der Waals surface area contributed by atoms with Crippen LogP contribution in [0.2, 0.25) is 0 Å². The van der Waals surface area contributed by atoms with E-state index in [4.69, 9.17) is 4.74 Å². The van der Waals surface area contributed by atoms with Gasteiger partial charge in [-0.3, -0.25) is 9.59 Å². The first-order valence-electron chi connectivity index (χ1n) is 9.42. The summed E-state index contributed by atoms with van der Waals surface area (Å²) in [6.45, 7) is 7.75. The van der Waals surface area contributed by atoms with E-state index in [0.717, 1.165) is 24.1 Å². The molecule has 0 atom stereocenters. The summed E-state index contributed by atoms with van der Waals surface area (Å²) in [5, 5.41) is 2.88. The van der Waals surface area contributed by atoms with Crippen LogP contribution in [0, 0.1) is 13.8 Å². The van der Waals surface area contributed by atoms with Gasteiger partial charge in [0.25, 0.3) is 5.91 Å². The first-order valence-corrected chi connectivity index (χ1v) is 9.42. The van der Waals surface area contributed by atoms with Gasteiger partial charge >= 0.3 is 5.97 Å². The van der Waals surface area contributed by atoms with Gasteiger partial charge in [-0.2, -0.15) is 0 Å². The molecule has 2 amide bonds. The number of carbonyl (C=O) groups is 3. The van der Waals surface area contributed by atoms with Crippen molar-refractivity contribution in [2.24, 2.45) is 0 Å². The lowest BCUT2D eigenvalue weighted by molar-refractivity contribution is -0.116. The number of nitrogens with zero attached hydrogens (tertiary/aromatic N) is 1. The van der Waals surface area contributed by atoms with E-state index >= 15 is 0 Å². The van der Waals surface area contributed by atoms with Crippen LogP contribution in [0.5, 0.6) is 0 Å². The van der Waals surface area contributed by atoms with E-state index in [1.54, 1.807) is 38.7 Å². The summed E-state index contributed by atoms with van der Waals surface area (Å²) in [5.74, 6) is -0.747. The Morgan fingerprint density at radius 3 is 2.68 bits per heavy atom. The Balaban J connectivity index is 1.83. The standard InChI is InChI=1S/C21H25N3O4/c1-5-28-21(27)18-12(2)19(22-13(18)3)20(26)23-16-8-9-17-15(11-16)7-6-10-24(17)14(4)25/h8-9,11,22H,5-7,10H2,1-4H3,(H,23,26). The van der Waals surface area contributed by atoms with Crippen LogP contribution in [-0.2, 0) is 16.0 Å². The third-order valence-corrected chi connectivity index (χ3v) is 4.98. The van der Waals surface area contributed by atoms with E-state index in [0.29, 0.717) is 34.7 Å². The number of aromatic amines is 1. The lowest BCUT2D eigenvalue weighted by atomic mass is 10.0. The second-order valence-corrected chi connectivity index (χ2v) is 6.92. The van der Waals surface area contributed by atoms with Crippen LogP contribution in [0.3, 0.4) is 0 Å². The third kappa shape index (κ3) is 3.65. The highest BCUT2D eigenvalue weighted by atomic mass is 16.5. The molecule has 0 spiro atoms. The van der Waals surface area contributed by atoms with Gasteiger partial charge in [0.15, 0.2) is 0 Å². The van der Waals surface area contributed by atoms with Crippen LogP contribution in [0.25, 0.3) is 0 Å². The summed E-state index contributed by atoms with van der Waals surface area (Å²) in [7, 11) is 0. The second kappa shape index (κ2) is 7.88. The molecule has 0 unspecified atom stereocenters. The van der Waals surface area contributed by atoms with Crippen LogP contribution in [-0.4, -0.2) is 35.9 Å². The number of rotatable bonds is 4. The van der Waals surface area contributed by atoms with Gasteiger partial charge in [0.05, 0.1) is 12.2 Å². The maximum Gasteiger partial charge on any atom is 0.340 e. The summed E-state index contributed by atoms with van der Waals surface area (Å²) < 4.78 is 5.07. The Labute approximate surface area is 164 Å². The molecule has 1 aliphatic rings. The molecule has 1 aliphatic heterocycles. The molecule has 7 nitrogen and oxygen atoms in total. The molecular formula is C21H25N3O4. The van der Waals surface area contributed by atoms with Crippen LogP contribution in [0.15, 0.2) is 18.2 Å². The van der Waals surface area contributed by atoms with Gasteiger partial charge < -0.3 is 19.9 Å². The topological polar surface area (TPSA) is 91.5 Å². The molecule has 0 saturated heterocycles. The Morgan fingerprint density at radius 2 is 2.00 bits per heavy atom. The number of nitrogens with one attached hydrogen (secondary N) is 2.